The highest BCUT2D eigenvalue weighted by atomic mass is 16.2. The number of rotatable bonds is 5. The van der Waals surface area contributed by atoms with Gasteiger partial charge >= 0.3 is 0 Å². The number of fused-ring (bicyclic) bond motifs is 1. The van der Waals surface area contributed by atoms with Gasteiger partial charge < -0.3 is 15.1 Å². The zero-order valence-electron chi connectivity index (χ0n) is 19.3. The smallest absolute Gasteiger partial charge is 0.282 e. The Hall–Kier alpha value is -3.61. The number of hydrogen-bond donors (Lipinski definition) is 1. The van der Waals surface area contributed by atoms with E-state index in [0.29, 0.717) is 11.6 Å². The summed E-state index contributed by atoms with van der Waals surface area (Å²) in [4.78, 5) is 29.6. The van der Waals surface area contributed by atoms with Crippen molar-refractivity contribution in [3.63, 3.8) is 0 Å². The van der Waals surface area contributed by atoms with Gasteiger partial charge in [0.1, 0.15) is 11.5 Å². The molecular weight excluding hydrogens is 412 g/mol. The van der Waals surface area contributed by atoms with Crippen LogP contribution in [0.15, 0.2) is 60.5 Å². The Balaban J connectivity index is 1.66. The topological polar surface area (TPSA) is 64.6 Å². The summed E-state index contributed by atoms with van der Waals surface area (Å²) in [7, 11) is 3.96. The van der Waals surface area contributed by atoms with Gasteiger partial charge in [-0.25, -0.2) is 4.98 Å². The van der Waals surface area contributed by atoms with E-state index in [1.807, 2.05) is 72.6 Å². The molecule has 0 bridgehead atoms. The first-order valence-electron chi connectivity index (χ1n) is 11.7. The largest absolute Gasteiger partial charge is 0.382 e. The Morgan fingerprint density at radius 1 is 1.06 bits per heavy atom. The van der Waals surface area contributed by atoms with E-state index in [1.54, 1.807) is 0 Å². The monoisotopic (exact) mass is 442 g/mol. The molecule has 1 aromatic heterocycles. The van der Waals surface area contributed by atoms with Crippen LogP contribution in [-0.2, 0) is 0 Å². The van der Waals surface area contributed by atoms with Crippen molar-refractivity contribution in [1.82, 2.24) is 19.8 Å². The lowest BCUT2D eigenvalue weighted by Gasteiger charge is -2.30. The molecule has 7 heteroatoms. The molecule has 170 valence electrons. The fourth-order valence-corrected chi connectivity index (χ4v) is 4.64. The summed E-state index contributed by atoms with van der Waals surface area (Å²) in [6.07, 6.45) is 13.4. The van der Waals surface area contributed by atoms with Gasteiger partial charge in [-0.15, -0.1) is 0 Å². The van der Waals surface area contributed by atoms with Crippen LogP contribution in [0.4, 0.5) is 17.5 Å². The molecule has 1 amide bonds. The maximum absolute atomic E-state index is 13.8. The summed E-state index contributed by atoms with van der Waals surface area (Å²) in [5.74, 6) is 1.21. The van der Waals surface area contributed by atoms with Crippen LogP contribution >= 0.6 is 0 Å². The van der Waals surface area contributed by atoms with Crippen molar-refractivity contribution in [2.45, 2.75) is 32.1 Å². The predicted molar refractivity (Wildman–Crippen MR) is 132 cm³/mol. The van der Waals surface area contributed by atoms with Gasteiger partial charge in [0.2, 0.25) is 5.95 Å². The number of hydrogen-bond acceptors (Lipinski definition) is 6. The molecular formula is C26H30N6O. The number of allylic oxidation sites excluding steroid dienone is 4. The molecule has 5 rings (SSSR count). The first-order chi connectivity index (χ1) is 16.1. The molecule has 7 nitrogen and oxygen atoms in total. The lowest BCUT2D eigenvalue weighted by Crippen LogP contribution is -2.31. The van der Waals surface area contributed by atoms with E-state index in [4.69, 9.17) is 9.97 Å². The molecule has 1 fully saturated rings. The first-order valence-corrected chi connectivity index (χ1v) is 11.7. The predicted octanol–water partition coefficient (Wildman–Crippen LogP) is 4.76. The van der Waals surface area contributed by atoms with Gasteiger partial charge in [0, 0.05) is 44.8 Å². The lowest BCUT2D eigenvalue weighted by molar-refractivity contribution is 0.0872. The minimum absolute atomic E-state index is 0.0866. The summed E-state index contributed by atoms with van der Waals surface area (Å²) in [5.41, 5.74) is 4.05. The van der Waals surface area contributed by atoms with E-state index in [2.05, 4.69) is 16.3 Å². The second-order valence-electron chi connectivity index (χ2n) is 8.88. The molecule has 33 heavy (non-hydrogen) atoms. The maximum atomic E-state index is 13.8. The summed E-state index contributed by atoms with van der Waals surface area (Å²) in [6, 6.07) is 9.86. The molecule has 2 aromatic rings. The highest BCUT2D eigenvalue weighted by Crippen LogP contribution is 2.42. The summed E-state index contributed by atoms with van der Waals surface area (Å²) in [5, 5.41) is 3.31. The molecule has 1 aromatic carbocycles. The van der Waals surface area contributed by atoms with Gasteiger partial charge in [0.25, 0.3) is 5.91 Å². The summed E-state index contributed by atoms with van der Waals surface area (Å²) < 4.78 is 0. The highest BCUT2D eigenvalue weighted by molar-refractivity contribution is 6.11. The molecule has 0 radical (unpaired) electrons. The van der Waals surface area contributed by atoms with Crippen LogP contribution in [-0.4, -0.2) is 52.9 Å². The van der Waals surface area contributed by atoms with Gasteiger partial charge in [-0.05, 0) is 50.3 Å². The van der Waals surface area contributed by atoms with Crippen molar-refractivity contribution in [1.29, 1.82) is 0 Å². The first kappa shape index (κ1) is 21.2. The van der Waals surface area contributed by atoms with Crippen molar-refractivity contribution < 1.29 is 4.79 Å². The van der Waals surface area contributed by atoms with Crippen LogP contribution in [0.5, 0.6) is 0 Å². The molecule has 0 unspecified atom stereocenters. The van der Waals surface area contributed by atoms with Crippen LogP contribution in [0.1, 0.15) is 48.2 Å². The Kier molecular flexibility index (Phi) is 5.86. The quantitative estimate of drug-likeness (QED) is 0.720. The van der Waals surface area contributed by atoms with Gasteiger partial charge in [-0.2, -0.15) is 4.98 Å². The minimum atomic E-state index is -0.0866. The SMILES string of the molecule is CN(C)C=C1c2c(nc(Nc3ccccc3)nc2N2CCCCC2)C(=O)N1C1=CC=CCC1. The molecule has 0 saturated carbocycles. The van der Waals surface area contributed by atoms with Gasteiger partial charge in [-0.3, -0.25) is 9.69 Å². The van der Waals surface area contributed by atoms with Crippen LogP contribution in [0, 0.1) is 0 Å². The van der Waals surface area contributed by atoms with Crippen molar-refractivity contribution in [3.05, 3.63) is 71.7 Å². The number of aromatic nitrogens is 2. The third-order valence-corrected chi connectivity index (χ3v) is 6.14. The summed E-state index contributed by atoms with van der Waals surface area (Å²) in [6.45, 7) is 1.87. The lowest BCUT2D eigenvalue weighted by atomic mass is 10.1. The van der Waals surface area contributed by atoms with Crippen molar-refractivity contribution >= 4 is 29.1 Å². The van der Waals surface area contributed by atoms with E-state index in [0.717, 1.165) is 67.2 Å². The minimum Gasteiger partial charge on any atom is -0.382 e. The third-order valence-electron chi connectivity index (χ3n) is 6.14. The van der Waals surface area contributed by atoms with Gasteiger partial charge in [0.15, 0.2) is 0 Å². The summed E-state index contributed by atoms with van der Waals surface area (Å²) >= 11 is 0. The molecule has 1 aliphatic carbocycles. The number of anilines is 3. The number of nitrogens with zero attached hydrogens (tertiary/aromatic N) is 5. The van der Waals surface area contributed by atoms with Gasteiger partial charge in [-0.1, -0.05) is 30.4 Å². The molecule has 1 saturated heterocycles. The van der Waals surface area contributed by atoms with Crippen LogP contribution in [0.25, 0.3) is 5.70 Å². The van der Waals surface area contributed by atoms with E-state index >= 15 is 0 Å². The molecule has 3 aliphatic rings. The van der Waals surface area contributed by atoms with Crippen molar-refractivity contribution in [2.75, 3.05) is 37.4 Å². The Morgan fingerprint density at radius 2 is 1.85 bits per heavy atom. The van der Waals surface area contributed by atoms with Gasteiger partial charge in [0.05, 0.1) is 11.3 Å². The second kappa shape index (κ2) is 9.10. The number of piperidine rings is 1. The Morgan fingerprint density at radius 3 is 2.55 bits per heavy atom. The zero-order valence-corrected chi connectivity index (χ0v) is 19.3. The van der Waals surface area contributed by atoms with Crippen molar-refractivity contribution in [3.8, 4) is 0 Å². The van der Waals surface area contributed by atoms with E-state index in [1.165, 1.54) is 6.42 Å². The third kappa shape index (κ3) is 4.23. The molecule has 1 N–H and O–H groups in total. The number of carbonyl (C=O) groups is 1. The van der Waals surface area contributed by atoms with E-state index in [-0.39, 0.29) is 5.91 Å². The van der Waals surface area contributed by atoms with E-state index < -0.39 is 0 Å². The zero-order chi connectivity index (χ0) is 22.8. The second-order valence-corrected chi connectivity index (χ2v) is 8.88. The average Bonchev–Trinajstić information content (AvgIpc) is 3.11. The standard InChI is InChI=1S/C26H30N6O/c1-30(2)18-21-22-23(25(33)32(21)20-14-8-4-9-15-20)28-26(27-19-12-6-3-7-13-19)29-24(22)31-16-10-5-11-17-31/h3-4,6-8,12-14,18H,5,9-11,15-17H2,1-2H3,(H,27,28,29). The molecule has 0 atom stereocenters. The number of amides is 1. The van der Waals surface area contributed by atoms with Crippen LogP contribution < -0.4 is 10.2 Å². The molecule has 2 aliphatic heterocycles. The van der Waals surface area contributed by atoms with Crippen molar-refractivity contribution in [2.24, 2.45) is 0 Å². The molecule has 3 heterocycles. The number of benzene rings is 1. The Bertz CT molecular complexity index is 1130. The van der Waals surface area contributed by atoms with Crippen LogP contribution in [0.3, 0.4) is 0 Å². The Labute approximate surface area is 195 Å². The number of nitrogens with one attached hydrogen (secondary N) is 1. The normalized spacial score (nSPS) is 19.0. The van der Waals surface area contributed by atoms with Crippen LogP contribution in [0.2, 0.25) is 0 Å². The number of para-hydroxylation sites is 1. The fraction of sp³-hybridized carbons (Fsp3) is 0.346. The van der Waals surface area contributed by atoms with E-state index in [9.17, 15) is 4.79 Å². The highest BCUT2D eigenvalue weighted by Gasteiger charge is 2.40. The fourth-order valence-electron chi connectivity index (χ4n) is 4.64. The maximum Gasteiger partial charge on any atom is 0.282 e. The number of carbonyl (C=O) groups excluding carboxylic acids is 1. The molecule has 0 spiro atoms. The average molecular weight is 443 g/mol.